The van der Waals surface area contributed by atoms with Gasteiger partial charge in [-0.25, -0.2) is 14.6 Å². The van der Waals surface area contributed by atoms with E-state index >= 15 is 0 Å². The summed E-state index contributed by atoms with van der Waals surface area (Å²) < 4.78 is 10.1. The van der Waals surface area contributed by atoms with Crippen LogP contribution in [0, 0.1) is 11.8 Å². The van der Waals surface area contributed by atoms with Gasteiger partial charge < -0.3 is 14.8 Å². The summed E-state index contributed by atoms with van der Waals surface area (Å²) in [6.07, 6.45) is 0.955. The summed E-state index contributed by atoms with van der Waals surface area (Å²) in [5.41, 5.74) is 5.47. The monoisotopic (exact) mass is 412 g/mol. The molecule has 154 valence electrons. The van der Waals surface area contributed by atoms with E-state index < -0.39 is 12.1 Å². The van der Waals surface area contributed by atoms with Gasteiger partial charge in [0.05, 0.1) is 13.7 Å². The fourth-order valence-electron chi connectivity index (χ4n) is 3.64. The average Bonchev–Trinajstić information content (AvgIpc) is 3.14. The molecule has 0 atom stereocenters. The van der Waals surface area contributed by atoms with Crippen LogP contribution in [-0.2, 0) is 9.47 Å². The van der Waals surface area contributed by atoms with Crippen molar-refractivity contribution in [3.05, 3.63) is 89.2 Å². The third kappa shape index (κ3) is 4.41. The van der Waals surface area contributed by atoms with Crippen LogP contribution in [0.4, 0.5) is 4.79 Å². The minimum atomic E-state index is -0.527. The van der Waals surface area contributed by atoms with Gasteiger partial charge in [-0.3, -0.25) is 0 Å². The summed E-state index contributed by atoms with van der Waals surface area (Å²) in [4.78, 5) is 27.6. The van der Waals surface area contributed by atoms with Gasteiger partial charge in [0.25, 0.3) is 0 Å². The quantitative estimate of drug-likeness (QED) is 0.522. The van der Waals surface area contributed by atoms with Crippen LogP contribution in [0.5, 0.6) is 0 Å². The number of benzene rings is 2. The van der Waals surface area contributed by atoms with E-state index in [-0.39, 0.29) is 24.8 Å². The number of ether oxygens (including phenoxy) is 2. The Kier molecular flexibility index (Phi) is 5.95. The first-order chi connectivity index (χ1) is 15.2. The molecule has 6 heteroatoms. The lowest BCUT2D eigenvalue weighted by molar-refractivity contribution is 0.0594. The lowest BCUT2D eigenvalue weighted by atomic mass is 9.98. The third-order valence-electron chi connectivity index (χ3n) is 5.05. The molecule has 0 aliphatic heterocycles. The molecule has 0 saturated heterocycles. The topological polar surface area (TPSA) is 77.5 Å². The highest BCUT2D eigenvalue weighted by molar-refractivity contribution is 5.87. The Morgan fingerprint density at radius 1 is 1.03 bits per heavy atom. The Hall–Kier alpha value is -4.11. The zero-order chi connectivity index (χ0) is 21.6. The average molecular weight is 412 g/mol. The van der Waals surface area contributed by atoms with Crippen LogP contribution in [0.3, 0.4) is 0 Å². The van der Waals surface area contributed by atoms with Crippen molar-refractivity contribution in [3.63, 3.8) is 0 Å². The number of aromatic nitrogens is 1. The second-order valence-corrected chi connectivity index (χ2v) is 6.90. The molecule has 2 aromatic carbocycles. The van der Waals surface area contributed by atoms with Gasteiger partial charge in [-0.2, -0.15) is 0 Å². The largest absolute Gasteiger partial charge is 0.464 e. The van der Waals surface area contributed by atoms with E-state index in [2.05, 4.69) is 51.1 Å². The molecule has 1 amide bonds. The maximum atomic E-state index is 12.1. The zero-order valence-electron chi connectivity index (χ0n) is 16.9. The lowest BCUT2D eigenvalue weighted by Crippen LogP contribution is -2.26. The van der Waals surface area contributed by atoms with Crippen LogP contribution in [0.15, 0.2) is 66.9 Å². The molecule has 0 fully saturated rings. The summed E-state index contributed by atoms with van der Waals surface area (Å²) in [6.45, 7) is 0.368. The fourth-order valence-corrected chi connectivity index (χ4v) is 3.64. The van der Waals surface area contributed by atoms with Crippen molar-refractivity contribution in [3.8, 4) is 23.0 Å². The molecule has 0 unspecified atom stereocenters. The van der Waals surface area contributed by atoms with Gasteiger partial charge >= 0.3 is 12.1 Å². The zero-order valence-corrected chi connectivity index (χ0v) is 16.9. The maximum Gasteiger partial charge on any atom is 0.407 e. The molecule has 31 heavy (non-hydrogen) atoms. The fraction of sp³-hybridized carbons (Fsp3) is 0.160. The molecular weight excluding hydrogens is 392 g/mol. The number of nitrogens with zero attached hydrogens (tertiary/aromatic N) is 1. The van der Waals surface area contributed by atoms with Crippen molar-refractivity contribution in [1.82, 2.24) is 10.3 Å². The van der Waals surface area contributed by atoms with E-state index in [1.807, 2.05) is 24.3 Å². The van der Waals surface area contributed by atoms with Gasteiger partial charge in [0, 0.05) is 17.7 Å². The molecule has 1 aliphatic carbocycles. The standard InChI is InChI=1S/C25H20N2O4/c1-30-24(28)23-15-17(12-14-26-23)7-6-13-27-25(29)31-16-22-20-10-4-2-8-18(20)19-9-3-5-11-21(19)22/h2-5,8-12,14-15,22H,13,16H2,1H3,(H,27,29). The number of hydrogen-bond donors (Lipinski definition) is 1. The highest BCUT2D eigenvalue weighted by Crippen LogP contribution is 2.44. The molecule has 6 nitrogen and oxygen atoms in total. The van der Waals surface area contributed by atoms with Crippen molar-refractivity contribution < 1.29 is 19.1 Å². The van der Waals surface area contributed by atoms with Crippen molar-refractivity contribution in [2.75, 3.05) is 20.3 Å². The number of amides is 1. The number of fused-ring (bicyclic) bond motifs is 3. The first-order valence-electron chi connectivity index (χ1n) is 9.79. The van der Waals surface area contributed by atoms with E-state index in [1.54, 1.807) is 6.07 Å². The number of carbonyl (C=O) groups is 2. The number of methoxy groups -OCH3 is 1. The molecule has 3 aromatic rings. The molecular formula is C25H20N2O4. The first-order valence-corrected chi connectivity index (χ1v) is 9.79. The van der Waals surface area contributed by atoms with E-state index in [4.69, 9.17) is 4.74 Å². The number of carbonyl (C=O) groups excluding carboxylic acids is 2. The molecule has 1 N–H and O–H groups in total. The van der Waals surface area contributed by atoms with Gasteiger partial charge in [0.1, 0.15) is 12.3 Å². The Bertz CT molecular complexity index is 1150. The van der Waals surface area contributed by atoms with Crippen LogP contribution in [0.1, 0.15) is 33.1 Å². The van der Waals surface area contributed by atoms with Crippen LogP contribution in [0.2, 0.25) is 0 Å². The van der Waals surface area contributed by atoms with Gasteiger partial charge in [0.15, 0.2) is 0 Å². The Labute approximate surface area is 180 Å². The molecule has 0 bridgehead atoms. The summed E-state index contributed by atoms with van der Waals surface area (Å²) >= 11 is 0. The molecule has 0 spiro atoms. The number of rotatable bonds is 4. The van der Waals surface area contributed by atoms with Crippen molar-refractivity contribution in [2.24, 2.45) is 0 Å². The van der Waals surface area contributed by atoms with Gasteiger partial charge in [-0.05, 0) is 34.4 Å². The summed E-state index contributed by atoms with van der Waals surface area (Å²) in [6, 6.07) is 19.6. The summed E-state index contributed by atoms with van der Waals surface area (Å²) in [5, 5.41) is 2.63. The maximum absolute atomic E-state index is 12.1. The number of nitrogens with one attached hydrogen (secondary N) is 1. The Morgan fingerprint density at radius 2 is 1.71 bits per heavy atom. The smallest absolute Gasteiger partial charge is 0.407 e. The SMILES string of the molecule is COC(=O)c1cc(C#CCNC(=O)OCC2c3ccccc3-c3ccccc32)ccn1. The van der Waals surface area contributed by atoms with Crippen molar-refractivity contribution in [2.45, 2.75) is 5.92 Å². The molecule has 4 rings (SSSR count). The number of esters is 1. The second kappa shape index (κ2) is 9.14. The summed E-state index contributed by atoms with van der Waals surface area (Å²) in [7, 11) is 1.29. The molecule has 1 aromatic heterocycles. The van der Waals surface area contributed by atoms with E-state index in [0.717, 1.165) is 11.1 Å². The number of alkyl carbamates (subject to hydrolysis) is 1. The van der Waals surface area contributed by atoms with Crippen LogP contribution >= 0.6 is 0 Å². The molecule has 1 heterocycles. The molecule has 1 aliphatic rings. The highest BCUT2D eigenvalue weighted by atomic mass is 16.5. The van der Waals surface area contributed by atoms with Crippen molar-refractivity contribution >= 4 is 12.1 Å². The van der Waals surface area contributed by atoms with Gasteiger partial charge in [0.2, 0.25) is 0 Å². The number of hydrogen-bond acceptors (Lipinski definition) is 5. The highest BCUT2D eigenvalue weighted by Gasteiger charge is 2.28. The van der Waals surface area contributed by atoms with Crippen molar-refractivity contribution in [1.29, 1.82) is 0 Å². The minimum Gasteiger partial charge on any atom is -0.464 e. The molecule has 0 radical (unpaired) electrons. The van der Waals surface area contributed by atoms with E-state index in [1.165, 1.54) is 30.5 Å². The Balaban J connectivity index is 1.33. The van der Waals surface area contributed by atoms with Gasteiger partial charge in [-0.15, -0.1) is 0 Å². The van der Waals surface area contributed by atoms with E-state index in [9.17, 15) is 9.59 Å². The van der Waals surface area contributed by atoms with Gasteiger partial charge in [-0.1, -0.05) is 60.4 Å². The van der Waals surface area contributed by atoms with Crippen LogP contribution in [0.25, 0.3) is 11.1 Å². The number of pyridine rings is 1. The third-order valence-corrected chi connectivity index (χ3v) is 5.05. The Morgan fingerprint density at radius 3 is 2.39 bits per heavy atom. The van der Waals surface area contributed by atoms with Crippen LogP contribution in [-0.4, -0.2) is 37.3 Å². The van der Waals surface area contributed by atoms with E-state index in [0.29, 0.717) is 5.56 Å². The normalized spacial score (nSPS) is 11.5. The lowest BCUT2D eigenvalue weighted by Gasteiger charge is -2.14. The second-order valence-electron chi connectivity index (χ2n) is 6.90. The molecule has 0 saturated carbocycles. The van der Waals surface area contributed by atoms with Crippen LogP contribution < -0.4 is 5.32 Å². The summed E-state index contributed by atoms with van der Waals surface area (Å²) in [5.74, 6) is 5.19. The predicted octanol–water partition coefficient (Wildman–Crippen LogP) is 3.76. The first kappa shape index (κ1) is 20.2. The minimum absolute atomic E-state index is 0.0118. The predicted molar refractivity (Wildman–Crippen MR) is 116 cm³/mol.